The van der Waals surface area contributed by atoms with Gasteiger partial charge in [-0.05, 0) is 68.3 Å². The zero-order valence-electron chi connectivity index (χ0n) is 17.9. The number of anilines is 2. The highest BCUT2D eigenvalue weighted by atomic mass is 35.5. The van der Waals surface area contributed by atoms with Gasteiger partial charge in [-0.25, -0.2) is 8.42 Å². The van der Waals surface area contributed by atoms with Crippen molar-refractivity contribution in [2.24, 2.45) is 0 Å². The molecule has 0 bridgehead atoms. The zero-order chi connectivity index (χ0) is 23.0. The number of hydrogen-bond donors (Lipinski definition) is 1. The van der Waals surface area contributed by atoms with Gasteiger partial charge in [0.25, 0.3) is 15.9 Å². The van der Waals surface area contributed by atoms with E-state index in [9.17, 15) is 13.2 Å². The molecule has 1 aliphatic heterocycles. The minimum absolute atomic E-state index is 0.129. The Morgan fingerprint density at radius 3 is 2.50 bits per heavy atom. The van der Waals surface area contributed by atoms with Crippen LogP contribution < -0.4 is 14.4 Å². The van der Waals surface area contributed by atoms with Crippen LogP contribution in [0.2, 0.25) is 5.02 Å². The first kappa shape index (κ1) is 22.2. The average molecular weight is 471 g/mol. The van der Waals surface area contributed by atoms with Crippen molar-refractivity contribution in [2.75, 3.05) is 16.2 Å². The molecule has 1 amide bonds. The SMILES string of the molecule is Cc1ccc(S(=O)(=O)N2CC(C(=O)Nc3cccc(C)c3C)Oc3ccc(Cl)cc32)cc1. The molecule has 0 aromatic heterocycles. The van der Waals surface area contributed by atoms with Crippen LogP contribution in [0.5, 0.6) is 5.75 Å². The summed E-state index contributed by atoms with van der Waals surface area (Å²) in [5.41, 5.74) is 3.88. The van der Waals surface area contributed by atoms with E-state index >= 15 is 0 Å². The number of sulfonamides is 1. The number of nitrogens with zero attached hydrogens (tertiary/aromatic N) is 1. The second-order valence-corrected chi connectivity index (χ2v) is 10.1. The van der Waals surface area contributed by atoms with Crippen LogP contribution in [0.3, 0.4) is 0 Å². The summed E-state index contributed by atoms with van der Waals surface area (Å²) in [6, 6.07) is 16.9. The van der Waals surface area contributed by atoms with Gasteiger partial charge in [0, 0.05) is 10.7 Å². The first-order valence-electron chi connectivity index (χ1n) is 10.1. The monoisotopic (exact) mass is 470 g/mol. The Bertz CT molecular complexity index is 1290. The number of carbonyl (C=O) groups excluding carboxylic acids is 1. The maximum Gasteiger partial charge on any atom is 0.267 e. The van der Waals surface area contributed by atoms with Crippen LogP contribution in [0, 0.1) is 20.8 Å². The molecule has 0 radical (unpaired) electrons. The highest BCUT2D eigenvalue weighted by molar-refractivity contribution is 7.92. The Labute approximate surface area is 192 Å². The second kappa shape index (κ2) is 8.48. The van der Waals surface area contributed by atoms with E-state index in [4.69, 9.17) is 16.3 Å². The maximum absolute atomic E-state index is 13.5. The summed E-state index contributed by atoms with van der Waals surface area (Å²) < 4.78 is 34.1. The average Bonchev–Trinajstić information content (AvgIpc) is 2.76. The van der Waals surface area contributed by atoms with E-state index in [2.05, 4.69) is 5.32 Å². The molecule has 3 aromatic rings. The summed E-state index contributed by atoms with van der Waals surface area (Å²) in [4.78, 5) is 13.2. The van der Waals surface area contributed by atoms with E-state index < -0.39 is 22.0 Å². The number of ether oxygens (including phenoxy) is 1. The number of halogens is 1. The molecule has 32 heavy (non-hydrogen) atoms. The lowest BCUT2D eigenvalue weighted by molar-refractivity contribution is -0.122. The van der Waals surface area contributed by atoms with E-state index in [1.165, 1.54) is 10.4 Å². The molecule has 3 aromatic carbocycles. The van der Waals surface area contributed by atoms with Gasteiger partial charge in [0.15, 0.2) is 6.10 Å². The minimum atomic E-state index is -3.95. The van der Waals surface area contributed by atoms with Crippen LogP contribution >= 0.6 is 11.6 Å². The molecule has 0 saturated heterocycles. The van der Waals surface area contributed by atoms with Gasteiger partial charge in [0.1, 0.15) is 5.75 Å². The smallest absolute Gasteiger partial charge is 0.267 e. The third kappa shape index (κ3) is 4.18. The van der Waals surface area contributed by atoms with Crippen molar-refractivity contribution >= 4 is 38.9 Å². The summed E-state index contributed by atoms with van der Waals surface area (Å²) in [5.74, 6) is -0.152. The van der Waals surface area contributed by atoms with Gasteiger partial charge in [-0.3, -0.25) is 9.10 Å². The third-order valence-electron chi connectivity index (χ3n) is 5.55. The molecular weight excluding hydrogens is 448 g/mol. The summed E-state index contributed by atoms with van der Waals surface area (Å²) in [6.07, 6.45) is -1.04. The Morgan fingerprint density at radius 2 is 1.78 bits per heavy atom. The fraction of sp³-hybridized carbons (Fsp3) is 0.208. The van der Waals surface area contributed by atoms with Gasteiger partial charge in [0.2, 0.25) is 0 Å². The Balaban J connectivity index is 1.70. The third-order valence-corrected chi connectivity index (χ3v) is 7.58. The molecule has 6 nitrogen and oxygen atoms in total. The number of carbonyl (C=O) groups is 1. The number of aryl methyl sites for hydroxylation is 2. The van der Waals surface area contributed by atoms with Crippen LogP contribution in [0.1, 0.15) is 16.7 Å². The molecule has 0 spiro atoms. The minimum Gasteiger partial charge on any atom is -0.476 e. The lowest BCUT2D eigenvalue weighted by Crippen LogP contribution is -2.48. The molecule has 1 heterocycles. The molecule has 1 atom stereocenters. The summed E-state index contributed by atoms with van der Waals surface area (Å²) in [6.45, 7) is 5.57. The van der Waals surface area contributed by atoms with E-state index in [0.717, 1.165) is 16.7 Å². The number of fused-ring (bicyclic) bond motifs is 1. The molecule has 0 aliphatic carbocycles. The quantitative estimate of drug-likeness (QED) is 0.590. The molecule has 1 unspecified atom stereocenters. The molecule has 4 rings (SSSR count). The normalized spacial score (nSPS) is 15.6. The highest BCUT2D eigenvalue weighted by Gasteiger charge is 2.38. The summed E-state index contributed by atoms with van der Waals surface area (Å²) in [7, 11) is -3.95. The van der Waals surface area contributed by atoms with Crippen molar-refractivity contribution in [2.45, 2.75) is 31.8 Å². The fourth-order valence-electron chi connectivity index (χ4n) is 3.53. The first-order valence-corrected chi connectivity index (χ1v) is 11.9. The van der Waals surface area contributed by atoms with Crippen LogP contribution in [0.4, 0.5) is 11.4 Å². The van der Waals surface area contributed by atoms with E-state index in [1.54, 1.807) is 42.5 Å². The number of rotatable bonds is 4. The predicted molar refractivity (Wildman–Crippen MR) is 126 cm³/mol. The van der Waals surface area contributed by atoms with E-state index in [1.807, 2.05) is 32.9 Å². The van der Waals surface area contributed by atoms with Crippen LogP contribution in [0.15, 0.2) is 65.6 Å². The summed E-state index contributed by atoms with van der Waals surface area (Å²) in [5, 5.41) is 3.24. The molecule has 0 fully saturated rings. The molecule has 1 N–H and O–H groups in total. The Hall–Kier alpha value is -3.03. The van der Waals surface area contributed by atoms with Crippen LogP contribution in [-0.4, -0.2) is 27.0 Å². The van der Waals surface area contributed by atoms with Crippen molar-refractivity contribution in [3.63, 3.8) is 0 Å². The predicted octanol–water partition coefficient (Wildman–Crippen LogP) is 4.86. The highest BCUT2D eigenvalue weighted by Crippen LogP contribution is 2.39. The largest absolute Gasteiger partial charge is 0.476 e. The topological polar surface area (TPSA) is 75.7 Å². The Morgan fingerprint density at radius 1 is 1.06 bits per heavy atom. The van der Waals surface area contributed by atoms with Gasteiger partial charge >= 0.3 is 0 Å². The molecular formula is C24H23ClN2O4S. The van der Waals surface area contributed by atoms with Gasteiger partial charge in [0.05, 0.1) is 17.1 Å². The van der Waals surface area contributed by atoms with Gasteiger partial charge in [-0.2, -0.15) is 0 Å². The number of hydrogen-bond acceptors (Lipinski definition) is 4. The van der Waals surface area contributed by atoms with Gasteiger partial charge in [-0.15, -0.1) is 0 Å². The van der Waals surface area contributed by atoms with Crippen molar-refractivity contribution in [1.29, 1.82) is 0 Å². The van der Waals surface area contributed by atoms with Crippen LogP contribution in [0.25, 0.3) is 0 Å². The van der Waals surface area contributed by atoms with E-state index in [0.29, 0.717) is 16.4 Å². The molecule has 1 aliphatic rings. The van der Waals surface area contributed by atoms with Crippen molar-refractivity contribution in [3.05, 3.63) is 82.4 Å². The van der Waals surface area contributed by atoms with Crippen LogP contribution in [-0.2, 0) is 14.8 Å². The number of amides is 1. The second-order valence-electron chi connectivity index (χ2n) is 7.80. The van der Waals surface area contributed by atoms with Gasteiger partial charge in [-0.1, -0.05) is 41.4 Å². The Kier molecular flexibility index (Phi) is 5.88. The van der Waals surface area contributed by atoms with Crippen molar-refractivity contribution in [3.8, 4) is 5.75 Å². The molecule has 8 heteroatoms. The molecule has 166 valence electrons. The number of nitrogens with one attached hydrogen (secondary N) is 1. The maximum atomic E-state index is 13.5. The lowest BCUT2D eigenvalue weighted by atomic mass is 10.1. The first-order chi connectivity index (χ1) is 15.2. The summed E-state index contributed by atoms with van der Waals surface area (Å²) >= 11 is 6.14. The lowest BCUT2D eigenvalue weighted by Gasteiger charge is -2.35. The van der Waals surface area contributed by atoms with Crippen molar-refractivity contribution in [1.82, 2.24) is 0 Å². The zero-order valence-corrected chi connectivity index (χ0v) is 19.5. The van der Waals surface area contributed by atoms with Gasteiger partial charge < -0.3 is 10.1 Å². The van der Waals surface area contributed by atoms with Crippen molar-refractivity contribution < 1.29 is 17.9 Å². The van der Waals surface area contributed by atoms with E-state index in [-0.39, 0.29) is 17.2 Å². The fourth-order valence-corrected chi connectivity index (χ4v) is 5.16. The number of benzene rings is 3. The molecule has 0 saturated carbocycles. The standard InChI is InChI=1S/C24H23ClN2O4S/c1-15-7-10-19(11-8-15)32(29,30)27-14-23(31-22-12-9-18(25)13-21(22)27)24(28)26-20-6-4-5-16(2)17(20)3/h4-13,23H,14H2,1-3H3,(H,26,28).